The Hall–Kier alpha value is -0.490. The standard InChI is InChI=1S/C13H15Cl2NO3S/c14-9-6-10(15)12(11(17)7-9)20(18,19)16-5-4-13(8-16)2-1-3-13/h6-7,17H,1-5,8H2. The van der Waals surface area contributed by atoms with Crippen LogP contribution in [0.4, 0.5) is 0 Å². The van der Waals surface area contributed by atoms with Crippen molar-refractivity contribution in [2.75, 3.05) is 13.1 Å². The second-order valence-electron chi connectivity index (χ2n) is 5.68. The van der Waals surface area contributed by atoms with Gasteiger partial charge in [0.2, 0.25) is 10.0 Å². The van der Waals surface area contributed by atoms with E-state index in [0.717, 1.165) is 19.3 Å². The molecule has 4 nitrogen and oxygen atoms in total. The first-order valence-electron chi connectivity index (χ1n) is 6.52. The second-order valence-corrected chi connectivity index (χ2v) is 8.40. The zero-order valence-corrected chi connectivity index (χ0v) is 13.1. The fraction of sp³-hybridized carbons (Fsp3) is 0.538. The summed E-state index contributed by atoms with van der Waals surface area (Å²) in [5.41, 5.74) is 0.154. The molecule has 0 radical (unpaired) electrons. The van der Waals surface area contributed by atoms with Gasteiger partial charge in [-0.2, -0.15) is 4.31 Å². The molecule has 0 amide bonds. The number of phenolic OH excluding ortho intramolecular Hbond substituents is 1. The van der Waals surface area contributed by atoms with Crippen molar-refractivity contribution in [1.82, 2.24) is 4.31 Å². The fourth-order valence-corrected chi connectivity index (χ4v) is 5.55. The van der Waals surface area contributed by atoms with Crippen LogP contribution in [-0.2, 0) is 10.0 Å². The minimum Gasteiger partial charge on any atom is -0.506 e. The predicted molar refractivity (Wildman–Crippen MR) is 77.8 cm³/mol. The normalized spacial score (nSPS) is 22.1. The number of rotatable bonds is 2. The predicted octanol–water partition coefficient (Wildman–Crippen LogP) is 3.26. The Balaban J connectivity index is 1.97. The summed E-state index contributed by atoms with van der Waals surface area (Å²) in [6.07, 6.45) is 4.22. The van der Waals surface area contributed by atoms with Crippen LogP contribution in [0.2, 0.25) is 10.0 Å². The lowest BCUT2D eigenvalue weighted by molar-refractivity contribution is 0.153. The maximum atomic E-state index is 12.7. The van der Waals surface area contributed by atoms with Crippen LogP contribution in [0.1, 0.15) is 25.7 Å². The molecule has 1 aromatic rings. The molecule has 1 saturated heterocycles. The van der Waals surface area contributed by atoms with Gasteiger partial charge in [-0.05, 0) is 30.7 Å². The lowest BCUT2D eigenvalue weighted by atomic mass is 9.68. The first kappa shape index (κ1) is 14.4. The van der Waals surface area contributed by atoms with Gasteiger partial charge in [-0.1, -0.05) is 29.6 Å². The minimum absolute atomic E-state index is 0.0374. The zero-order chi connectivity index (χ0) is 14.5. The van der Waals surface area contributed by atoms with Crippen molar-refractivity contribution in [3.05, 3.63) is 22.2 Å². The van der Waals surface area contributed by atoms with Crippen LogP contribution in [-0.4, -0.2) is 30.9 Å². The third kappa shape index (κ3) is 2.21. The molecule has 110 valence electrons. The molecule has 0 atom stereocenters. The molecule has 20 heavy (non-hydrogen) atoms. The van der Waals surface area contributed by atoms with Crippen molar-refractivity contribution < 1.29 is 13.5 Å². The highest BCUT2D eigenvalue weighted by atomic mass is 35.5. The minimum atomic E-state index is -3.77. The van der Waals surface area contributed by atoms with E-state index in [2.05, 4.69) is 0 Å². The molecule has 1 spiro atoms. The van der Waals surface area contributed by atoms with E-state index in [-0.39, 0.29) is 20.4 Å². The maximum absolute atomic E-state index is 12.7. The number of aromatic hydroxyl groups is 1. The molecule has 1 aromatic carbocycles. The average Bonchev–Trinajstić information content (AvgIpc) is 2.71. The molecule has 1 aliphatic heterocycles. The molecule has 7 heteroatoms. The van der Waals surface area contributed by atoms with Crippen molar-refractivity contribution >= 4 is 33.2 Å². The largest absolute Gasteiger partial charge is 0.506 e. The summed E-state index contributed by atoms with van der Waals surface area (Å²) in [6, 6.07) is 2.54. The molecule has 1 heterocycles. The summed E-state index contributed by atoms with van der Waals surface area (Å²) < 4.78 is 26.7. The summed E-state index contributed by atoms with van der Waals surface area (Å²) in [6.45, 7) is 1.01. The molecule has 0 aromatic heterocycles. The van der Waals surface area contributed by atoms with Crippen molar-refractivity contribution in [1.29, 1.82) is 0 Å². The van der Waals surface area contributed by atoms with Crippen LogP contribution in [0.25, 0.3) is 0 Å². The SMILES string of the molecule is O=S(=O)(c1c(O)cc(Cl)cc1Cl)N1CCC2(CCC2)C1. The molecule has 1 N–H and O–H groups in total. The van der Waals surface area contributed by atoms with Crippen molar-refractivity contribution in [2.24, 2.45) is 5.41 Å². The quantitative estimate of drug-likeness (QED) is 0.902. The van der Waals surface area contributed by atoms with E-state index in [0.29, 0.717) is 13.1 Å². The molecule has 1 saturated carbocycles. The summed E-state index contributed by atoms with van der Waals surface area (Å²) in [4.78, 5) is -0.236. The van der Waals surface area contributed by atoms with Crippen LogP contribution in [0.3, 0.4) is 0 Å². The van der Waals surface area contributed by atoms with Crippen LogP contribution in [0.5, 0.6) is 5.75 Å². The highest BCUT2D eigenvalue weighted by Gasteiger charge is 2.47. The lowest BCUT2D eigenvalue weighted by Crippen LogP contribution is -2.35. The number of phenols is 1. The van der Waals surface area contributed by atoms with Gasteiger partial charge in [-0.25, -0.2) is 8.42 Å². The van der Waals surface area contributed by atoms with Crippen molar-refractivity contribution in [3.63, 3.8) is 0 Å². The monoisotopic (exact) mass is 335 g/mol. The molecular weight excluding hydrogens is 321 g/mol. The van der Waals surface area contributed by atoms with Gasteiger partial charge in [0, 0.05) is 24.2 Å². The van der Waals surface area contributed by atoms with Gasteiger partial charge in [0.25, 0.3) is 0 Å². The first-order valence-corrected chi connectivity index (χ1v) is 8.72. The van der Waals surface area contributed by atoms with Crippen molar-refractivity contribution in [3.8, 4) is 5.75 Å². The third-order valence-corrected chi connectivity index (χ3v) is 6.97. The third-order valence-electron chi connectivity index (χ3n) is 4.40. The molecule has 2 aliphatic rings. The Morgan fingerprint density at radius 3 is 2.40 bits per heavy atom. The summed E-state index contributed by atoms with van der Waals surface area (Å²) in [5, 5.41) is 10.1. The highest BCUT2D eigenvalue weighted by Crippen LogP contribution is 2.49. The van der Waals surface area contributed by atoms with Gasteiger partial charge in [-0.3, -0.25) is 0 Å². The van der Waals surface area contributed by atoms with E-state index in [4.69, 9.17) is 23.2 Å². The van der Waals surface area contributed by atoms with E-state index in [1.54, 1.807) is 0 Å². The summed E-state index contributed by atoms with van der Waals surface area (Å²) in [7, 11) is -3.77. The van der Waals surface area contributed by atoms with Gasteiger partial charge in [0.15, 0.2) is 0 Å². The fourth-order valence-electron chi connectivity index (χ4n) is 3.12. The molecule has 0 bridgehead atoms. The van der Waals surface area contributed by atoms with Crippen molar-refractivity contribution in [2.45, 2.75) is 30.6 Å². The maximum Gasteiger partial charge on any atom is 0.248 e. The van der Waals surface area contributed by atoms with Crippen LogP contribution >= 0.6 is 23.2 Å². The van der Waals surface area contributed by atoms with E-state index in [1.165, 1.54) is 22.9 Å². The number of halogens is 2. The Labute approximate surface area is 128 Å². The Morgan fingerprint density at radius 2 is 1.90 bits per heavy atom. The van der Waals surface area contributed by atoms with E-state index >= 15 is 0 Å². The van der Waals surface area contributed by atoms with Crippen LogP contribution in [0, 0.1) is 5.41 Å². The average molecular weight is 336 g/mol. The van der Waals surface area contributed by atoms with Gasteiger partial charge in [0.05, 0.1) is 5.02 Å². The Bertz CT molecular complexity index is 633. The molecule has 3 rings (SSSR count). The molecule has 0 unspecified atom stereocenters. The summed E-state index contributed by atoms with van der Waals surface area (Å²) in [5.74, 6) is -0.392. The number of sulfonamides is 1. The Morgan fingerprint density at radius 1 is 1.20 bits per heavy atom. The van der Waals surface area contributed by atoms with Gasteiger partial charge in [0.1, 0.15) is 10.6 Å². The first-order chi connectivity index (χ1) is 9.34. The highest BCUT2D eigenvalue weighted by molar-refractivity contribution is 7.89. The van der Waals surface area contributed by atoms with Gasteiger partial charge < -0.3 is 5.11 Å². The molecule has 1 aliphatic carbocycles. The smallest absolute Gasteiger partial charge is 0.248 e. The number of hydrogen-bond donors (Lipinski definition) is 1. The Kier molecular flexibility index (Phi) is 3.44. The number of hydrogen-bond acceptors (Lipinski definition) is 3. The molecular formula is C13H15Cl2NO3S. The summed E-state index contributed by atoms with van der Waals surface area (Å²) >= 11 is 11.7. The van der Waals surface area contributed by atoms with E-state index in [9.17, 15) is 13.5 Å². The van der Waals surface area contributed by atoms with Gasteiger partial charge in [-0.15, -0.1) is 0 Å². The van der Waals surface area contributed by atoms with Gasteiger partial charge >= 0.3 is 0 Å². The zero-order valence-electron chi connectivity index (χ0n) is 10.8. The lowest BCUT2D eigenvalue weighted by Gasteiger charge is -2.38. The second kappa shape index (κ2) is 4.77. The number of nitrogens with zero attached hydrogens (tertiary/aromatic N) is 1. The topological polar surface area (TPSA) is 57.6 Å². The van der Waals surface area contributed by atoms with Crippen LogP contribution in [0.15, 0.2) is 17.0 Å². The molecule has 2 fully saturated rings. The van der Waals surface area contributed by atoms with E-state index in [1.807, 2.05) is 0 Å². The van der Waals surface area contributed by atoms with Crippen LogP contribution < -0.4 is 0 Å². The number of benzene rings is 1. The van der Waals surface area contributed by atoms with E-state index < -0.39 is 15.8 Å².